The van der Waals surface area contributed by atoms with E-state index < -0.39 is 5.91 Å². The second-order valence-corrected chi connectivity index (χ2v) is 9.36. The molecule has 0 aliphatic rings. The van der Waals surface area contributed by atoms with Crippen LogP contribution in [0.2, 0.25) is 0 Å². The Morgan fingerprint density at radius 1 is 1.09 bits per heavy atom. The van der Waals surface area contributed by atoms with E-state index in [2.05, 4.69) is 39.7 Å². The van der Waals surface area contributed by atoms with Crippen LogP contribution in [0.25, 0.3) is 11.4 Å². The Kier molecular flexibility index (Phi) is 9.50. The Balaban J connectivity index is 2.29. The fourth-order valence-corrected chi connectivity index (χ4v) is 3.73. The van der Waals surface area contributed by atoms with Gasteiger partial charge in [-0.2, -0.15) is 0 Å². The van der Waals surface area contributed by atoms with E-state index in [1.54, 1.807) is 18.2 Å². The number of carbonyl (C=O) groups excluding carboxylic acids is 2. The average Bonchev–Trinajstić information content (AvgIpc) is 2.76. The van der Waals surface area contributed by atoms with Gasteiger partial charge in [0.25, 0.3) is 5.91 Å². The highest BCUT2D eigenvalue weighted by atomic mass is 79.9. The van der Waals surface area contributed by atoms with Crippen LogP contribution in [0.1, 0.15) is 37.5 Å². The summed E-state index contributed by atoms with van der Waals surface area (Å²) in [4.78, 5) is 27.7. The molecule has 0 atom stereocenters. The lowest BCUT2D eigenvalue weighted by molar-refractivity contribution is -0.130. The average molecular weight is 526 g/mol. The van der Waals surface area contributed by atoms with Crippen molar-refractivity contribution in [3.05, 3.63) is 88.6 Å². The van der Waals surface area contributed by atoms with Crippen LogP contribution in [0.4, 0.5) is 5.69 Å². The molecule has 180 valence electrons. The minimum Gasteiger partial charge on any atom is -0.399 e. The number of nitrogens with one attached hydrogen (secondary N) is 2. The second kappa shape index (κ2) is 12.1. The number of nitrogens with two attached hydrogens (primary N) is 2. The van der Waals surface area contributed by atoms with Gasteiger partial charge in [0, 0.05) is 34.0 Å². The van der Waals surface area contributed by atoms with Gasteiger partial charge in [0.1, 0.15) is 6.54 Å². The Labute approximate surface area is 209 Å². The van der Waals surface area contributed by atoms with Crippen molar-refractivity contribution in [3.8, 4) is 0 Å². The third-order valence-electron chi connectivity index (χ3n) is 4.84. The summed E-state index contributed by atoms with van der Waals surface area (Å²) in [6.07, 6.45) is 0. The van der Waals surface area contributed by atoms with Gasteiger partial charge < -0.3 is 22.1 Å². The molecule has 0 radical (unpaired) electrons. The number of allylic oxidation sites excluding steroid dienone is 1. The zero-order chi connectivity index (χ0) is 25.4. The Bertz CT molecular complexity index is 1100. The number of nitrogens with zero attached hydrogens (tertiary/aromatic N) is 1. The number of carbonyl (C=O) groups is 2. The molecule has 0 heterocycles. The molecule has 34 heavy (non-hydrogen) atoms. The molecular formula is C26H32BrN5O2. The molecule has 0 aliphatic carbocycles. The highest BCUT2D eigenvalue weighted by Crippen LogP contribution is 2.28. The number of hydrogen-bond acceptors (Lipinski definition) is 5. The van der Waals surface area contributed by atoms with Crippen LogP contribution in [0.15, 0.2) is 71.9 Å². The Morgan fingerprint density at radius 2 is 1.74 bits per heavy atom. The lowest BCUT2D eigenvalue weighted by Crippen LogP contribution is -2.43. The van der Waals surface area contributed by atoms with Crippen molar-refractivity contribution in [2.24, 2.45) is 5.73 Å². The summed E-state index contributed by atoms with van der Waals surface area (Å²) in [6.45, 7) is 13.3. The van der Waals surface area contributed by atoms with E-state index in [0.29, 0.717) is 33.7 Å². The molecule has 0 fully saturated rings. The highest BCUT2D eigenvalue weighted by molar-refractivity contribution is 9.11. The van der Waals surface area contributed by atoms with Gasteiger partial charge in [0.05, 0.1) is 11.4 Å². The van der Waals surface area contributed by atoms with Crippen molar-refractivity contribution in [2.75, 3.05) is 12.3 Å². The van der Waals surface area contributed by atoms with Crippen LogP contribution >= 0.6 is 15.9 Å². The molecule has 7 nitrogen and oxygen atoms in total. The zero-order valence-electron chi connectivity index (χ0n) is 19.8. The summed E-state index contributed by atoms with van der Waals surface area (Å²) < 4.78 is 0.675. The summed E-state index contributed by atoms with van der Waals surface area (Å²) in [5, 5.41) is 5.90. The van der Waals surface area contributed by atoms with Gasteiger partial charge in [0.15, 0.2) is 0 Å². The normalized spacial score (nSPS) is 11.4. The van der Waals surface area contributed by atoms with Gasteiger partial charge in [-0.15, -0.1) is 0 Å². The largest absolute Gasteiger partial charge is 0.399 e. The summed E-state index contributed by atoms with van der Waals surface area (Å²) in [5.74, 6) is -0.737. The number of rotatable bonds is 10. The smallest absolute Gasteiger partial charge is 0.274 e. The fourth-order valence-electron chi connectivity index (χ4n) is 3.29. The molecule has 6 N–H and O–H groups in total. The van der Waals surface area contributed by atoms with Crippen LogP contribution in [-0.2, 0) is 16.1 Å². The second-order valence-electron chi connectivity index (χ2n) is 8.18. The summed E-state index contributed by atoms with van der Waals surface area (Å²) in [6, 6.07) is 14.6. The third-order valence-corrected chi connectivity index (χ3v) is 5.21. The first kappa shape index (κ1) is 26.7. The van der Waals surface area contributed by atoms with E-state index in [1.807, 2.05) is 51.1 Å². The summed E-state index contributed by atoms with van der Waals surface area (Å²) in [7, 11) is 0. The van der Waals surface area contributed by atoms with Crippen LogP contribution in [-0.4, -0.2) is 29.3 Å². The van der Waals surface area contributed by atoms with Gasteiger partial charge in [-0.05, 0) is 44.0 Å². The first-order chi connectivity index (χ1) is 16.0. The maximum Gasteiger partial charge on any atom is 0.274 e. The molecule has 0 saturated carbocycles. The SMILES string of the molecule is C=C(NC(C)C)C(=O)N(CC(=O)NCc1ccc(C(=C)N)cc1)/C(=C(\C)Br)c1cccc(N)c1. The van der Waals surface area contributed by atoms with Crippen molar-refractivity contribution in [2.45, 2.75) is 33.4 Å². The molecule has 2 aromatic carbocycles. The van der Waals surface area contributed by atoms with Crippen molar-refractivity contribution in [1.29, 1.82) is 0 Å². The van der Waals surface area contributed by atoms with Gasteiger partial charge in [-0.25, -0.2) is 0 Å². The summed E-state index contributed by atoms with van der Waals surface area (Å²) >= 11 is 3.50. The van der Waals surface area contributed by atoms with E-state index in [1.165, 1.54) is 4.90 Å². The topological polar surface area (TPSA) is 113 Å². The van der Waals surface area contributed by atoms with Crippen molar-refractivity contribution < 1.29 is 9.59 Å². The molecule has 0 aromatic heterocycles. The summed E-state index contributed by atoms with van der Waals surface area (Å²) in [5.41, 5.74) is 15.8. The molecule has 0 spiro atoms. The quantitative estimate of drug-likeness (QED) is 0.277. The van der Waals surface area contributed by atoms with Crippen molar-refractivity contribution in [1.82, 2.24) is 15.5 Å². The maximum absolute atomic E-state index is 13.4. The van der Waals surface area contributed by atoms with E-state index in [4.69, 9.17) is 11.5 Å². The monoisotopic (exact) mass is 525 g/mol. The molecular weight excluding hydrogens is 494 g/mol. The van der Waals surface area contributed by atoms with Crippen LogP contribution in [0, 0.1) is 0 Å². The number of anilines is 1. The highest BCUT2D eigenvalue weighted by Gasteiger charge is 2.26. The standard InChI is InChI=1S/C26H32BrN5O2/c1-16(2)31-19(5)26(34)32(25(17(3)27)22-7-6-8-23(29)13-22)15-24(33)30-14-20-9-11-21(12-10-20)18(4)28/h6-13,16,31H,4-5,14-15,28-29H2,1-3H3,(H,30,33)/b25-17+. The Morgan fingerprint density at radius 3 is 2.26 bits per heavy atom. The minimum absolute atomic E-state index is 0.00423. The molecule has 8 heteroatoms. The van der Waals surface area contributed by atoms with Crippen LogP contribution in [0.5, 0.6) is 0 Å². The van der Waals surface area contributed by atoms with Crippen LogP contribution in [0.3, 0.4) is 0 Å². The molecule has 0 saturated heterocycles. The molecule has 2 aromatic rings. The van der Waals surface area contributed by atoms with E-state index in [0.717, 1.165) is 11.1 Å². The number of amides is 2. The molecule has 0 bridgehead atoms. The minimum atomic E-state index is -0.411. The van der Waals surface area contributed by atoms with Crippen molar-refractivity contribution >= 4 is 44.8 Å². The first-order valence-corrected chi connectivity index (χ1v) is 11.6. The predicted octanol–water partition coefficient (Wildman–Crippen LogP) is 3.94. The van der Waals surface area contributed by atoms with E-state index in [-0.39, 0.29) is 24.2 Å². The van der Waals surface area contributed by atoms with Gasteiger partial charge >= 0.3 is 0 Å². The van der Waals surface area contributed by atoms with Crippen LogP contribution < -0.4 is 22.1 Å². The molecule has 2 amide bonds. The molecule has 0 unspecified atom stereocenters. The number of nitrogen functional groups attached to an aromatic ring is 1. The lowest BCUT2D eigenvalue weighted by Gasteiger charge is -2.28. The van der Waals surface area contributed by atoms with E-state index >= 15 is 0 Å². The molecule has 0 aliphatic heterocycles. The predicted molar refractivity (Wildman–Crippen MR) is 143 cm³/mol. The van der Waals surface area contributed by atoms with Gasteiger partial charge in [0.2, 0.25) is 5.91 Å². The third kappa shape index (κ3) is 7.52. The number of halogens is 1. The van der Waals surface area contributed by atoms with Crippen molar-refractivity contribution in [3.63, 3.8) is 0 Å². The van der Waals surface area contributed by atoms with E-state index in [9.17, 15) is 9.59 Å². The lowest BCUT2D eigenvalue weighted by atomic mass is 10.1. The van der Waals surface area contributed by atoms with Gasteiger partial charge in [-0.1, -0.05) is 65.5 Å². The fraction of sp³-hybridized carbons (Fsp3) is 0.231. The number of hydrogen-bond donors (Lipinski definition) is 4. The maximum atomic E-state index is 13.4. The Hall–Kier alpha value is -3.52. The first-order valence-electron chi connectivity index (χ1n) is 10.8. The molecule has 2 rings (SSSR count). The zero-order valence-corrected chi connectivity index (χ0v) is 21.4. The van der Waals surface area contributed by atoms with Gasteiger partial charge in [-0.3, -0.25) is 14.5 Å². The number of benzene rings is 2.